The number of hydrogen-bond donors (Lipinski definition) is 1. The van der Waals surface area contributed by atoms with Crippen LogP contribution in [0.2, 0.25) is 0 Å². The molecule has 3 heteroatoms. The van der Waals surface area contributed by atoms with Crippen molar-refractivity contribution in [3.8, 4) is 0 Å². The Balaban J connectivity index is 2.11. The van der Waals surface area contributed by atoms with Crippen LogP contribution in [-0.4, -0.2) is 0 Å². The van der Waals surface area contributed by atoms with Gasteiger partial charge in [0.25, 0.3) is 0 Å². The molecular weight excluding hydrogens is 256 g/mol. The van der Waals surface area contributed by atoms with Crippen molar-refractivity contribution in [1.82, 2.24) is 5.32 Å². The van der Waals surface area contributed by atoms with Crippen LogP contribution in [0.1, 0.15) is 35.2 Å². The van der Waals surface area contributed by atoms with Gasteiger partial charge in [-0.05, 0) is 44.0 Å². The summed E-state index contributed by atoms with van der Waals surface area (Å²) >= 11 is 0. The van der Waals surface area contributed by atoms with Crippen molar-refractivity contribution in [2.45, 2.75) is 33.4 Å². The molecule has 106 valence electrons. The summed E-state index contributed by atoms with van der Waals surface area (Å²) in [4.78, 5) is 0. The first-order valence-electron chi connectivity index (χ1n) is 6.72. The van der Waals surface area contributed by atoms with Crippen molar-refractivity contribution in [1.29, 1.82) is 0 Å². The Morgan fingerprint density at radius 2 is 1.70 bits per heavy atom. The van der Waals surface area contributed by atoms with E-state index in [1.165, 1.54) is 29.3 Å². The Hall–Kier alpha value is -1.74. The van der Waals surface area contributed by atoms with Crippen LogP contribution in [-0.2, 0) is 6.54 Å². The lowest BCUT2D eigenvalue weighted by Gasteiger charge is -2.17. The molecule has 1 N–H and O–H groups in total. The van der Waals surface area contributed by atoms with Crippen molar-refractivity contribution in [2.24, 2.45) is 0 Å². The first-order valence-corrected chi connectivity index (χ1v) is 6.72. The van der Waals surface area contributed by atoms with Crippen molar-refractivity contribution in [3.05, 3.63) is 70.3 Å². The van der Waals surface area contributed by atoms with Crippen LogP contribution in [0.15, 0.2) is 36.4 Å². The highest BCUT2D eigenvalue weighted by molar-refractivity contribution is 5.32. The molecule has 20 heavy (non-hydrogen) atoms. The fraction of sp³-hybridized carbons (Fsp3) is 0.294. The lowest BCUT2D eigenvalue weighted by atomic mass is 10.00. The van der Waals surface area contributed by atoms with Gasteiger partial charge < -0.3 is 5.32 Å². The van der Waals surface area contributed by atoms with Crippen LogP contribution in [0.3, 0.4) is 0 Å². The van der Waals surface area contributed by atoms with Gasteiger partial charge in [0.15, 0.2) is 0 Å². The molecule has 0 saturated heterocycles. The number of hydrogen-bond acceptors (Lipinski definition) is 1. The van der Waals surface area contributed by atoms with Gasteiger partial charge >= 0.3 is 0 Å². The monoisotopic (exact) mass is 275 g/mol. The van der Waals surface area contributed by atoms with E-state index in [-0.39, 0.29) is 18.2 Å². The van der Waals surface area contributed by atoms with E-state index in [1.807, 2.05) is 26.8 Å². The molecule has 0 aromatic heterocycles. The number of aryl methyl sites for hydroxylation is 2. The maximum absolute atomic E-state index is 13.6. The van der Waals surface area contributed by atoms with Crippen molar-refractivity contribution in [3.63, 3.8) is 0 Å². The number of halogens is 2. The van der Waals surface area contributed by atoms with E-state index in [4.69, 9.17) is 0 Å². The topological polar surface area (TPSA) is 12.0 Å². The molecule has 1 atom stereocenters. The van der Waals surface area contributed by atoms with E-state index in [0.717, 1.165) is 5.56 Å². The Morgan fingerprint density at radius 1 is 1.05 bits per heavy atom. The molecule has 0 spiro atoms. The quantitative estimate of drug-likeness (QED) is 0.870. The molecular formula is C17H19F2N. The van der Waals surface area contributed by atoms with Crippen LogP contribution in [0, 0.1) is 25.5 Å². The highest BCUT2D eigenvalue weighted by Crippen LogP contribution is 2.20. The van der Waals surface area contributed by atoms with E-state index < -0.39 is 11.6 Å². The van der Waals surface area contributed by atoms with Gasteiger partial charge in [-0.15, -0.1) is 0 Å². The third-order valence-corrected chi connectivity index (χ3v) is 3.54. The normalized spacial score (nSPS) is 12.4. The zero-order valence-electron chi connectivity index (χ0n) is 12.0. The average molecular weight is 275 g/mol. The van der Waals surface area contributed by atoms with Gasteiger partial charge in [0.05, 0.1) is 0 Å². The zero-order valence-corrected chi connectivity index (χ0v) is 12.0. The zero-order chi connectivity index (χ0) is 14.7. The predicted octanol–water partition coefficient (Wildman–Crippen LogP) is 4.43. The minimum atomic E-state index is -0.509. The third-order valence-electron chi connectivity index (χ3n) is 3.54. The highest BCUT2D eigenvalue weighted by Gasteiger charge is 2.12. The Bertz CT molecular complexity index is 588. The summed E-state index contributed by atoms with van der Waals surface area (Å²) in [6, 6.07) is 10.2. The molecule has 0 fully saturated rings. The lowest BCUT2D eigenvalue weighted by Crippen LogP contribution is -2.20. The molecule has 0 heterocycles. The third kappa shape index (κ3) is 3.23. The van der Waals surface area contributed by atoms with Gasteiger partial charge in [-0.25, -0.2) is 8.78 Å². The minimum absolute atomic E-state index is 0.0367. The van der Waals surface area contributed by atoms with Gasteiger partial charge in [0.1, 0.15) is 11.6 Å². The molecule has 1 nitrogen and oxygen atoms in total. The number of benzene rings is 2. The second kappa shape index (κ2) is 6.14. The van der Waals surface area contributed by atoms with E-state index in [1.54, 1.807) is 0 Å². The van der Waals surface area contributed by atoms with Crippen LogP contribution < -0.4 is 5.32 Å². The van der Waals surface area contributed by atoms with Crippen molar-refractivity contribution >= 4 is 0 Å². The molecule has 0 saturated carbocycles. The molecule has 0 amide bonds. The fourth-order valence-corrected chi connectivity index (χ4v) is 2.38. The first-order chi connectivity index (χ1) is 9.49. The van der Waals surface area contributed by atoms with E-state index in [9.17, 15) is 8.78 Å². The molecule has 0 radical (unpaired) electrons. The summed E-state index contributed by atoms with van der Waals surface area (Å²) in [6.07, 6.45) is 0. The molecule has 2 aromatic carbocycles. The average Bonchev–Trinajstić information content (AvgIpc) is 2.37. The molecule has 2 aromatic rings. The molecule has 1 unspecified atom stereocenters. The summed E-state index contributed by atoms with van der Waals surface area (Å²) in [7, 11) is 0. The van der Waals surface area contributed by atoms with Gasteiger partial charge in [-0.2, -0.15) is 0 Å². The van der Waals surface area contributed by atoms with E-state index in [2.05, 4.69) is 17.4 Å². The Kier molecular flexibility index (Phi) is 4.50. The van der Waals surface area contributed by atoms with E-state index in [0.29, 0.717) is 0 Å². The van der Waals surface area contributed by atoms with Crippen molar-refractivity contribution < 1.29 is 8.78 Å². The number of nitrogens with one attached hydrogen (secondary N) is 1. The van der Waals surface area contributed by atoms with E-state index >= 15 is 0 Å². The second-order valence-corrected chi connectivity index (χ2v) is 5.16. The van der Waals surface area contributed by atoms with Crippen LogP contribution in [0.5, 0.6) is 0 Å². The summed E-state index contributed by atoms with van der Waals surface area (Å²) in [5, 5.41) is 3.18. The first kappa shape index (κ1) is 14.7. The van der Waals surface area contributed by atoms with Crippen LogP contribution in [0.25, 0.3) is 0 Å². The van der Waals surface area contributed by atoms with Crippen LogP contribution in [0.4, 0.5) is 8.78 Å². The maximum atomic E-state index is 13.6. The van der Waals surface area contributed by atoms with Crippen molar-refractivity contribution in [2.75, 3.05) is 0 Å². The summed E-state index contributed by atoms with van der Waals surface area (Å²) in [6.45, 7) is 6.26. The Labute approximate surface area is 118 Å². The largest absolute Gasteiger partial charge is 0.306 e. The molecule has 0 aliphatic carbocycles. The standard InChI is InChI=1S/C17H19F2N/c1-11-7-8-14(12(2)9-11)13(3)20-10-15-16(18)5-4-6-17(15)19/h4-9,13,20H,10H2,1-3H3. The van der Waals surface area contributed by atoms with Gasteiger partial charge in [0.2, 0.25) is 0 Å². The van der Waals surface area contributed by atoms with Crippen LogP contribution >= 0.6 is 0 Å². The molecule has 0 aliphatic rings. The lowest BCUT2D eigenvalue weighted by molar-refractivity contribution is 0.508. The predicted molar refractivity (Wildman–Crippen MR) is 77.5 cm³/mol. The molecule has 0 aliphatic heterocycles. The summed E-state index contributed by atoms with van der Waals surface area (Å²) < 4.78 is 27.1. The second-order valence-electron chi connectivity index (χ2n) is 5.16. The summed E-state index contributed by atoms with van der Waals surface area (Å²) in [5.74, 6) is -1.02. The Morgan fingerprint density at radius 3 is 2.30 bits per heavy atom. The molecule has 0 bridgehead atoms. The molecule has 2 rings (SSSR count). The van der Waals surface area contributed by atoms with Gasteiger partial charge in [-0.3, -0.25) is 0 Å². The fourth-order valence-electron chi connectivity index (χ4n) is 2.38. The highest BCUT2D eigenvalue weighted by atomic mass is 19.1. The maximum Gasteiger partial charge on any atom is 0.130 e. The summed E-state index contributed by atoms with van der Waals surface area (Å²) in [5.41, 5.74) is 3.62. The number of rotatable bonds is 4. The van der Waals surface area contributed by atoms with Gasteiger partial charge in [-0.1, -0.05) is 29.8 Å². The minimum Gasteiger partial charge on any atom is -0.306 e. The SMILES string of the molecule is Cc1ccc(C(C)NCc2c(F)cccc2F)c(C)c1. The smallest absolute Gasteiger partial charge is 0.130 e. The van der Waals surface area contributed by atoms with Gasteiger partial charge in [0, 0.05) is 18.2 Å².